The van der Waals surface area contributed by atoms with Crippen LogP contribution in [-0.2, 0) is 21.4 Å². The molecule has 3 rings (SSSR count). The summed E-state index contributed by atoms with van der Waals surface area (Å²) in [5.74, 6) is 0.317. The average molecular weight is 423 g/mol. The second-order valence-corrected chi connectivity index (χ2v) is 9.23. The number of carbonyl (C=O) groups is 2. The van der Waals surface area contributed by atoms with E-state index in [0.29, 0.717) is 37.4 Å². The molecule has 0 atom stereocenters. The zero-order valence-corrected chi connectivity index (χ0v) is 17.2. The molecule has 0 bridgehead atoms. The van der Waals surface area contributed by atoms with Crippen LogP contribution < -0.4 is 5.32 Å². The third-order valence-electron chi connectivity index (χ3n) is 5.05. The normalized spacial score (nSPS) is 15.6. The molecule has 0 unspecified atom stereocenters. The van der Waals surface area contributed by atoms with Crippen molar-refractivity contribution in [1.29, 1.82) is 0 Å². The number of hydrogen-bond acceptors (Lipinski definition) is 6. The highest BCUT2D eigenvalue weighted by Crippen LogP contribution is 2.27. The van der Waals surface area contributed by atoms with Crippen LogP contribution in [0.1, 0.15) is 40.7 Å². The van der Waals surface area contributed by atoms with E-state index >= 15 is 0 Å². The summed E-state index contributed by atoms with van der Waals surface area (Å²) in [4.78, 5) is 26.2. The van der Waals surface area contributed by atoms with Crippen molar-refractivity contribution in [1.82, 2.24) is 24.7 Å². The summed E-state index contributed by atoms with van der Waals surface area (Å²) in [6.07, 6.45) is 4.05. The molecule has 11 heteroatoms. The monoisotopic (exact) mass is 423 g/mol. The van der Waals surface area contributed by atoms with Gasteiger partial charge in [-0.25, -0.2) is 8.42 Å². The van der Waals surface area contributed by atoms with Crippen molar-refractivity contribution in [2.45, 2.75) is 25.3 Å². The van der Waals surface area contributed by atoms with Gasteiger partial charge in [-0.2, -0.15) is 9.40 Å². The molecule has 1 saturated heterocycles. The Labute approximate surface area is 169 Å². The standard InChI is InChI=1S/C18H25N5O5S/c1-22(29(2,26)27)12-17(24)23-7-5-13(6-8-23)15-10-16(21-20-15)18(25)19-11-14-4-3-9-28-14/h3-4,9-10,13H,5-8,11-12H2,1-2H3,(H,19,25)(H,20,21). The first-order chi connectivity index (χ1) is 13.7. The van der Waals surface area contributed by atoms with Gasteiger partial charge < -0.3 is 14.6 Å². The molecule has 10 nitrogen and oxygen atoms in total. The van der Waals surface area contributed by atoms with Gasteiger partial charge in [0.15, 0.2) is 0 Å². The summed E-state index contributed by atoms with van der Waals surface area (Å²) in [6, 6.07) is 5.26. The Hall–Kier alpha value is -2.66. The number of piperidine rings is 1. The molecule has 0 spiro atoms. The molecule has 0 aromatic carbocycles. The Morgan fingerprint density at radius 1 is 1.38 bits per heavy atom. The van der Waals surface area contributed by atoms with Gasteiger partial charge in [-0.15, -0.1) is 0 Å². The van der Waals surface area contributed by atoms with Gasteiger partial charge >= 0.3 is 0 Å². The Bertz CT molecular complexity index is 945. The summed E-state index contributed by atoms with van der Waals surface area (Å²) in [7, 11) is -1.99. The van der Waals surface area contributed by atoms with Crippen LogP contribution in [-0.4, -0.2) is 72.6 Å². The fraction of sp³-hybridized carbons (Fsp3) is 0.500. The Morgan fingerprint density at radius 3 is 2.72 bits per heavy atom. The molecule has 2 aromatic heterocycles. The minimum Gasteiger partial charge on any atom is -0.467 e. The summed E-state index contributed by atoms with van der Waals surface area (Å²) >= 11 is 0. The topological polar surface area (TPSA) is 129 Å². The number of likely N-dealkylation sites (N-methyl/N-ethyl adjacent to an activating group) is 1. The molecule has 158 valence electrons. The van der Waals surface area contributed by atoms with E-state index in [1.807, 2.05) is 0 Å². The third kappa shape index (κ3) is 5.45. The summed E-state index contributed by atoms with van der Waals surface area (Å²) in [6.45, 7) is 1.18. The fourth-order valence-corrected chi connectivity index (χ4v) is 3.53. The van der Waals surface area contributed by atoms with E-state index in [9.17, 15) is 18.0 Å². The first kappa shape index (κ1) is 21.1. The average Bonchev–Trinajstić information content (AvgIpc) is 3.37. The van der Waals surface area contributed by atoms with Crippen LogP contribution in [0.4, 0.5) is 0 Å². The van der Waals surface area contributed by atoms with Gasteiger partial charge in [-0.05, 0) is 31.0 Å². The van der Waals surface area contributed by atoms with Crippen LogP contribution in [0.25, 0.3) is 0 Å². The molecule has 29 heavy (non-hydrogen) atoms. The number of nitrogens with one attached hydrogen (secondary N) is 2. The van der Waals surface area contributed by atoms with Crippen molar-refractivity contribution in [2.24, 2.45) is 0 Å². The number of H-pyrrole nitrogens is 1. The molecule has 0 saturated carbocycles. The van der Waals surface area contributed by atoms with Crippen molar-refractivity contribution < 1.29 is 22.4 Å². The van der Waals surface area contributed by atoms with E-state index in [1.54, 1.807) is 29.4 Å². The smallest absolute Gasteiger partial charge is 0.272 e. The van der Waals surface area contributed by atoms with Gasteiger partial charge in [-0.1, -0.05) is 0 Å². The molecular formula is C18H25N5O5S. The van der Waals surface area contributed by atoms with Crippen LogP contribution in [0.2, 0.25) is 0 Å². The molecular weight excluding hydrogens is 398 g/mol. The number of hydrogen-bond donors (Lipinski definition) is 2. The van der Waals surface area contributed by atoms with Crippen molar-refractivity contribution in [3.63, 3.8) is 0 Å². The van der Waals surface area contributed by atoms with E-state index < -0.39 is 10.0 Å². The van der Waals surface area contributed by atoms with Crippen LogP contribution in [0.3, 0.4) is 0 Å². The van der Waals surface area contributed by atoms with Gasteiger partial charge in [0.25, 0.3) is 5.91 Å². The number of likely N-dealkylation sites (tertiary alicyclic amines) is 1. The van der Waals surface area contributed by atoms with Crippen LogP contribution in [0.15, 0.2) is 28.9 Å². The summed E-state index contributed by atoms with van der Waals surface area (Å²) < 4.78 is 29.2. The van der Waals surface area contributed by atoms with Crippen LogP contribution >= 0.6 is 0 Å². The Morgan fingerprint density at radius 2 is 2.10 bits per heavy atom. The first-order valence-electron chi connectivity index (χ1n) is 9.29. The lowest BCUT2D eigenvalue weighted by Crippen LogP contribution is -2.44. The van der Waals surface area contributed by atoms with Crippen LogP contribution in [0.5, 0.6) is 0 Å². The number of carbonyl (C=O) groups excluding carboxylic acids is 2. The van der Waals surface area contributed by atoms with Crippen molar-refractivity contribution in [3.05, 3.63) is 41.6 Å². The highest BCUT2D eigenvalue weighted by Gasteiger charge is 2.27. The molecule has 2 N–H and O–H groups in total. The molecule has 0 aliphatic carbocycles. The maximum Gasteiger partial charge on any atom is 0.272 e. The van der Waals surface area contributed by atoms with Crippen molar-refractivity contribution >= 4 is 21.8 Å². The number of nitrogens with zero attached hydrogens (tertiary/aromatic N) is 3. The maximum absolute atomic E-state index is 12.3. The van der Waals surface area contributed by atoms with Gasteiger partial charge in [-0.3, -0.25) is 14.7 Å². The fourth-order valence-electron chi connectivity index (χ4n) is 3.18. The van der Waals surface area contributed by atoms with Gasteiger partial charge in [0, 0.05) is 31.7 Å². The lowest BCUT2D eigenvalue weighted by atomic mass is 9.93. The van der Waals surface area contributed by atoms with Crippen LogP contribution in [0, 0.1) is 0 Å². The number of sulfonamides is 1. The highest BCUT2D eigenvalue weighted by molar-refractivity contribution is 7.88. The lowest BCUT2D eigenvalue weighted by molar-refractivity contribution is -0.132. The van der Waals surface area contributed by atoms with Crippen molar-refractivity contribution in [2.75, 3.05) is 32.9 Å². The van der Waals surface area contributed by atoms with E-state index in [1.165, 1.54) is 7.05 Å². The molecule has 2 amide bonds. The zero-order chi connectivity index (χ0) is 21.0. The Kier molecular flexibility index (Phi) is 6.38. The number of aromatic nitrogens is 2. The Balaban J connectivity index is 1.50. The van der Waals surface area contributed by atoms with E-state index in [-0.39, 0.29) is 30.8 Å². The van der Waals surface area contributed by atoms with Gasteiger partial charge in [0.05, 0.1) is 25.6 Å². The molecule has 2 aromatic rings. The predicted molar refractivity (Wildman–Crippen MR) is 104 cm³/mol. The second kappa shape index (κ2) is 8.78. The van der Waals surface area contributed by atoms with E-state index in [0.717, 1.165) is 16.3 Å². The molecule has 1 aliphatic heterocycles. The number of aromatic amines is 1. The molecule has 1 aliphatic rings. The summed E-state index contributed by atoms with van der Waals surface area (Å²) in [5, 5.41) is 9.76. The summed E-state index contributed by atoms with van der Waals surface area (Å²) in [5.41, 5.74) is 1.16. The molecule has 1 fully saturated rings. The second-order valence-electron chi connectivity index (χ2n) is 7.14. The highest BCUT2D eigenvalue weighted by atomic mass is 32.2. The van der Waals surface area contributed by atoms with Gasteiger partial charge in [0.2, 0.25) is 15.9 Å². The largest absolute Gasteiger partial charge is 0.467 e. The van der Waals surface area contributed by atoms with Gasteiger partial charge in [0.1, 0.15) is 11.5 Å². The third-order valence-corrected chi connectivity index (χ3v) is 6.31. The SMILES string of the molecule is CN(CC(=O)N1CCC(c2cc(C(=O)NCc3ccco3)n[nH]2)CC1)S(C)(=O)=O. The zero-order valence-electron chi connectivity index (χ0n) is 16.4. The molecule has 3 heterocycles. The maximum atomic E-state index is 12.3. The number of amides is 2. The lowest BCUT2D eigenvalue weighted by Gasteiger charge is -2.32. The van der Waals surface area contributed by atoms with E-state index in [2.05, 4.69) is 15.5 Å². The van der Waals surface area contributed by atoms with E-state index in [4.69, 9.17) is 4.42 Å². The minimum absolute atomic E-state index is 0.158. The quantitative estimate of drug-likeness (QED) is 0.668. The van der Waals surface area contributed by atoms with Crippen molar-refractivity contribution in [3.8, 4) is 0 Å². The predicted octanol–water partition coefficient (Wildman–Crippen LogP) is 0.530. The minimum atomic E-state index is -3.39. The number of furan rings is 1. The number of rotatable bonds is 7. The first-order valence-corrected chi connectivity index (χ1v) is 11.1. The molecule has 0 radical (unpaired) electrons.